The summed E-state index contributed by atoms with van der Waals surface area (Å²) in [7, 11) is 0. The van der Waals surface area contributed by atoms with E-state index in [-0.39, 0.29) is 17.9 Å². The number of fused-ring (bicyclic) bond motifs is 1. The van der Waals surface area contributed by atoms with Crippen molar-refractivity contribution in [2.24, 2.45) is 0 Å². The number of carbonyl (C=O) groups is 1. The second kappa shape index (κ2) is 8.28. The largest absolute Gasteiger partial charge is 0.338 e. The molecule has 0 aliphatic heterocycles. The first-order valence-electron chi connectivity index (χ1n) is 9.93. The maximum atomic E-state index is 12.4. The quantitative estimate of drug-likeness (QED) is 0.461. The Hall–Kier alpha value is -4.18. The Bertz CT molecular complexity index is 1340. The lowest BCUT2D eigenvalue weighted by molar-refractivity contribution is -0.116. The highest BCUT2D eigenvalue weighted by Crippen LogP contribution is 2.22. The Morgan fingerprint density at radius 2 is 1.84 bits per heavy atom. The van der Waals surface area contributed by atoms with Gasteiger partial charge < -0.3 is 15.3 Å². The van der Waals surface area contributed by atoms with Crippen molar-refractivity contribution in [3.63, 3.8) is 0 Å². The number of anilines is 1. The van der Waals surface area contributed by atoms with Crippen molar-refractivity contribution in [1.82, 2.24) is 15.0 Å². The van der Waals surface area contributed by atoms with Crippen molar-refractivity contribution in [1.29, 1.82) is 5.26 Å². The molecule has 1 amide bonds. The molecule has 0 unspecified atom stereocenters. The lowest BCUT2D eigenvalue weighted by Crippen LogP contribution is -2.18. The van der Waals surface area contributed by atoms with E-state index in [1.807, 2.05) is 54.6 Å². The second-order valence-electron chi connectivity index (χ2n) is 7.40. The van der Waals surface area contributed by atoms with E-state index >= 15 is 0 Å². The maximum Gasteiger partial charge on any atom is 0.266 e. The van der Waals surface area contributed by atoms with Crippen LogP contribution in [-0.2, 0) is 11.2 Å². The van der Waals surface area contributed by atoms with E-state index in [0.29, 0.717) is 23.4 Å². The van der Waals surface area contributed by atoms with Gasteiger partial charge in [-0.2, -0.15) is 5.26 Å². The first-order valence-corrected chi connectivity index (χ1v) is 9.93. The summed E-state index contributed by atoms with van der Waals surface area (Å²) >= 11 is 0. The van der Waals surface area contributed by atoms with Gasteiger partial charge in [0.05, 0.1) is 11.0 Å². The molecule has 0 saturated carbocycles. The van der Waals surface area contributed by atoms with Gasteiger partial charge in [-0.05, 0) is 67.8 Å². The lowest BCUT2D eigenvalue weighted by atomic mass is 9.99. The lowest BCUT2D eigenvalue weighted by Gasteiger charge is -2.11. The van der Waals surface area contributed by atoms with E-state index in [9.17, 15) is 14.9 Å². The number of carbonyl (C=O) groups excluding carboxylic acids is 1. The molecule has 0 spiro atoms. The zero-order valence-electron chi connectivity index (χ0n) is 17.2. The molecule has 2 heterocycles. The fourth-order valence-corrected chi connectivity index (χ4v) is 3.68. The number of pyridine rings is 1. The fourth-order valence-electron chi connectivity index (χ4n) is 3.68. The van der Waals surface area contributed by atoms with E-state index in [0.717, 1.165) is 28.0 Å². The highest BCUT2D eigenvalue weighted by Gasteiger charge is 2.13. The summed E-state index contributed by atoms with van der Waals surface area (Å²) in [5.41, 5.74) is 5.35. The summed E-state index contributed by atoms with van der Waals surface area (Å²) in [6, 6.07) is 17.3. The van der Waals surface area contributed by atoms with Crippen molar-refractivity contribution >= 4 is 22.6 Å². The number of hydrogen-bond acceptors (Lipinski definition) is 4. The Balaban J connectivity index is 1.43. The topological polar surface area (TPSA) is 114 Å². The molecule has 0 fully saturated rings. The molecule has 0 bridgehead atoms. The average Bonchev–Trinajstić information content (AvgIpc) is 3.18. The molecular formula is C24H21N5O2. The van der Waals surface area contributed by atoms with E-state index in [1.54, 1.807) is 13.8 Å². The number of nitrogens with one attached hydrogen (secondary N) is 3. The second-order valence-corrected chi connectivity index (χ2v) is 7.40. The Morgan fingerprint density at radius 3 is 2.55 bits per heavy atom. The van der Waals surface area contributed by atoms with E-state index < -0.39 is 5.56 Å². The van der Waals surface area contributed by atoms with Crippen LogP contribution in [0.25, 0.3) is 22.4 Å². The number of imidazole rings is 1. The third kappa shape index (κ3) is 4.09. The van der Waals surface area contributed by atoms with Gasteiger partial charge in [-0.25, -0.2) is 4.98 Å². The van der Waals surface area contributed by atoms with Crippen LogP contribution in [0.1, 0.15) is 28.8 Å². The van der Waals surface area contributed by atoms with Crippen molar-refractivity contribution in [3.8, 4) is 17.5 Å². The van der Waals surface area contributed by atoms with Crippen molar-refractivity contribution in [2.45, 2.75) is 26.7 Å². The van der Waals surface area contributed by atoms with Crippen LogP contribution in [0.15, 0.2) is 53.3 Å². The van der Waals surface area contributed by atoms with Gasteiger partial charge in [0, 0.05) is 23.4 Å². The minimum absolute atomic E-state index is 0.0992. The summed E-state index contributed by atoms with van der Waals surface area (Å²) in [5.74, 6) is 0.636. The zero-order chi connectivity index (χ0) is 22.0. The van der Waals surface area contributed by atoms with Crippen LogP contribution >= 0.6 is 0 Å². The molecule has 3 N–H and O–H groups in total. The van der Waals surface area contributed by atoms with Gasteiger partial charge in [0.2, 0.25) is 5.91 Å². The normalized spacial score (nSPS) is 10.7. The predicted molar refractivity (Wildman–Crippen MR) is 120 cm³/mol. The standard InChI is InChI=1S/C24H21N5O2/c1-14-18(15(2)26-24(31)19(14)13-25)11-12-22(30)27-17-9-7-16(8-10-17)23-28-20-5-3-4-6-21(20)29-23/h3-10H,11-12H2,1-2H3,(H,26,31)(H,27,30)(H,28,29). The predicted octanol–water partition coefficient (Wildman–Crippen LogP) is 3.98. The number of para-hydroxylation sites is 2. The molecule has 4 aromatic rings. The molecule has 0 aliphatic carbocycles. The van der Waals surface area contributed by atoms with Crippen LogP contribution in [0.2, 0.25) is 0 Å². The van der Waals surface area contributed by atoms with Gasteiger partial charge in [-0.3, -0.25) is 9.59 Å². The molecule has 7 heteroatoms. The Labute approximate surface area is 178 Å². The molecular weight excluding hydrogens is 390 g/mol. The van der Waals surface area contributed by atoms with Gasteiger partial charge in [0.15, 0.2) is 0 Å². The smallest absolute Gasteiger partial charge is 0.266 e. The number of nitrogens with zero attached hydrogens (tertiary/aromatic N) is 2. The van der Waals surface area contributed by atoms with Crippen LogP contribution in [0.3, 0.4) is 0 Å². The SMILES string of the molecule is Cc1[nH]c(=O)c(C#N)c(C)c1CCC(=O)Nc1ccc(-c2nc3ccccc3[nH]2)cc1. The number of hydrogen-bond donors (Lipinski definition) is 3. The third-order valence-corrected chi connectivity index (χ3v) is 5.35. The summed E-state index contributed by atoms with van der Waals surface area (Å²) in [6.45, 7) is 3.52. The van der Waals surface area contributed by atoms with Gasteiger partial charge in [0.25, 0.3) is 5.56 Å². The number of benzene rings is 2. The van der Waals surface area contributed by atoms with Crippen molar-refractivity contribution in [3.05, 3.63) is 81.3 Å². The molecule has 4 rings (SSSR count). The molecule has 154 valence electrons. The Kier molecular flexibility index (Phi) is 5.37. The monoisotopic (exact) mass is 411 g/mol. The van der Waals surface area contributed by atoms with E-state index in [2.05, 4.69) is 20.3 Å². The highest BCUT2D eigenvalue weighted by molar-refractivity contribution is 5.91. The zero-order valence-corrected chi connectivity index (χ0v) is 17.2. The summed E-state index contributed by atoms with van der Waals surface area (Å²) in [4.78, 5) is 34.8. The third-order valence-electron chi connectivity index (χ3n) is 5.35. The van der Waals surface area contributed by atoms with Crippen LogP contribution in [0.5, 0.6) is 0 Å². The van der Waals surface area contributed by atoms with Crippen molar-refractivity contribution < 1.29 is 4.79 Å². The van der Waals surface area contributed by atoms with E-state index in [4.69, 9.17) is 0 Å². The number of aromatic nitrogens is 3. The molecule has 0 radical (unpaired) electrons. The molecule has 7 nitrogen and oxygen atoms in total. The van der Waals surface area contributed by atoms with Gasteiger partial charge in [-0.15, -0.1) is 0 Å². The molecule has 0 atom stereocenters. The first-order chi connectivity index (χ1) is 15.0. The number of H-pyrrole nitrogens is 2. The molecule has 0 aliphatic rings. The van der Waals surface area contributed by atoms with Crippen LogP contribution in [0.4, 0.5) is 5.69 Å². The van der Waals surface area contributed by atoms with Gasteiger partial charge >= 0.3 is 0 Å². The van der Waals surface area contributed by atoms with Crippen LogP contribution in [-0.4, -0.2) is 20.9 Å². The first kappa shape index (κ1) is 20.1. The number of aryl methyl sites for hydroxylation is 1. The number of nitriles is 1. The molecule has 2 aromatic carbocycles. The maximum absolute atomic E-state index is 12.4. The van der Waals surface area contributed by atoms with Gasteiger partial charge in [0.1, 0.15) is 17.5 Å². The number of aromatic amines is 2. The average molecular weight is 411 g/mol. The number of rotatable bonds is 5. The van der Waals surface area contributed by atoms with Crippen LogP contribution in [0, 0.1) is 25.2 Å². The highest BCUT2D eigenvalue weighted by atomic mass is 16.1. The Morgan fingerprint density at radius 1 is 1.10 bits per heavy atom. The van der Waals surface area contributed by atoms with Crippen molar-refractivity contribution in [2.75, 3.05) is 5.32 Å². The minimum Gasteiger partial charge on any atom is -0.338 e. The summed E-state index contributed by atoms with van der Waals surface area (Å²) < 4.78 is 0. The summed E-state index contributed by atoms with van der Waals surface area (Å²) in [6.07, 6.45) is 0.677. The minimum atomic E-state index is -0.393. The van der Waals surface area contributed by atoms with E-state index in [1.165, 1.54) is 0 Å². The fraction of sp³-hybridized carbons (Fsp3) is 0.167. The van der Waals surface area contributed by atoms with Gasteiger partial charge in [-0.1, -0.05) is 12.1 Å². The molecule has 31 heavy (non-hydrogen) atoms. The molecule has 0 saturated heterocycles. The van der Waals surface area contributed by atoms with Crippen LogP contribution < -0.4 is 10.9 Å². The summed E-state index contributed by atoms with van der Waals surface area (Å²) in [5, 5.41) is 12.1. The number of amides is 1. The molecule has 2 aromatic heterocycles.